The van der Waals surface area contributed by atoms with Crippen molar-refractivity contribution in [3.05, 3.63) is 36.0 Å². The van der Waals surface area contributed by atoms with Crippen molar-refractivity contribution < 1.29 is 4.42 Å². The fourth-order valence-corrected chi connectivity index (χ4v) is 1.95. The summed E-state index contributed by atoms with van der Waals surface area (Å²) in [6.45, 7) is 2.34. The van der Waals surface area contributed by atoms with Gasteiger partial charge in [0, 0.05) is 17.5 Å². The molecule has 0 aliphatic carbocycles. The van der Waals surface area contributed by atoms with Crippen molar-refractivity contribution in [2.45, 2.75) is 18.4 Å². The van der Waals surface area contributed by atoms with Crippen LogP contribution >= 0.6 is 11.8 Å². The van der Waals surface area contributed by atoms with Crippen LogP contribution < -0.4 is 5.32 Å². The first-order valence-electron chi connectivity index (χ1n) is 4.95. The number of para-hydroxylation sites is 1. The summed E-state index contributed by atoms with van der Waals surface area (Å²) in [6.07, 6.45) is 2.05. The largest absolute Gasteiger partial charge is 0.424 e. The highest BCUT2D eigenvalue weighted by atomic mass is 32.2. The summed E-state index contributed by atoms with van der Waals surface area (Å²) >= 11 is 1.71. The molecule has 5 heteroatoms. The minimum atomic E-state index is 0.554. The number of nitrogens with zero attached hydrogens (tertiary/aromatic N) is 2. The Bertz CT molecular complexity index is 470. The Morgan fingerprint density at radius 1 is 1.31 bits per heavy atom. The molecule has 16 heavy (non-hydrogen) atoms. The maximum atomic E-state index is 5.29. The van der Waals surface area contributed by atoms with Crippen LogP contribution in [0.1, 0.15) is 11.8 Å². The van der Waals surface area contributed by atoms with Gasteiger partial charge in [0.1, 0.15) is 0 Å². The van der Waals surface area contributed by atoms with Crippen LogP contribution in [0.25, 0.3) is 0 Å². The summed E-state index contributed by atoms with van der Waals surface area (Å²) in [5.41, 5.74) is 1.09. The lowest BCUT2D eigenvalue weighted by molar-refractivity contribution is 0.474. The summed E-state index contributed by atoms with van der Waals surface area (Å²) in [5, 5.41) is 11.0. The Morgan fingerprint density at radius 3 is 2.81 bits per heavy atom. The SMILES string of the molecule is CSc1ccccc1NCc1nnc(C)o1. The number of benzene rings is 1. The maximum absolute atomic E-state index is 5.29. The molecule has 84 valence electrons. The Kier molecular flexibility index (Phi) is 3.46. The molecule has 0 amide bonds. The third-order valence-electron chi connectivity index (χ3n) is 2.10. The number of rotatable bonds is 4. The van der Waals surface area contributed by atoms with E-state index in [2.05, 4.69) is 27.8 Å². The first kappa shape index (κ1) is 11.0. The van der Waals surface area contributed by atoms with Gasteiger partial charge in [-0.1, -0.05) is 12.1 Å². The van der Waals surface area contributed by atoms with Gasteiger partial charge in [0.2, 0.25) is 11.8 Å². The van der Waals surface area contributed by atoms with E-state index in [0.717, 1.165) is 5.69 Å². The molecule has 2 aromatic rings. The van der Waals surface area contributed by atoms with Crippen LogP contribution in [0.15, 0.2) is 33.6 Å². The van der Waals surface area contributed by atoms with Crippen LogP contribution in [0.4, 0.5) is 5.69 Å². The van der Waals surface area contributed by atoms with E-state index < -0.39 is 0 Å². The molecule has 0 bridgehead atoms. The summed E-state index contributed by atoms with van der Waals surface area (Å²) in [4.78, 5) is 1.21. The molecular weight excluding hydrogens is 222 g/mol. The number of thioether (sulfide) groups is 1. The first-order chi connectivity index (χ1) is 7.79. The average molecular weight is 235 g/mol. The molecule has 0 fully saturated rings. The second-order valence-corrected chi connectivity index (χ2v) is 4.12. The van der Waals surface area contributed by atoms with Gasteiger partial charge in [0.05, 0.1) is 6.54 Å². The standard InChI is InChI=1S/C11H13N3OS/c1-8-13-14-11(15-8)7-12-9-5-3-4-6-10(9)16-2/h3-6,12H,7H2,1-2H3. The lowest BCUT2D eigenvalue weighted by atomic mass is 10.3. The predicted molar refractivity (Wildman–Crippen MR) is 64.6 cm³/mol. The van der Waals surface area contributed by atoms with Crippen LogP contribution in [-0.4, -0.2) is 16.5 Å². The van der Waals surface area contributed by atoms with Crippen LogP contribution in [0.5, 0.6) is 0 Å². The lowest BCUT2D eigenvalue weighted by Crippen LogP contribution is -2.00. The van der Waals surface area contributed by atoms with Gasteiger partial charge >= 0.3 is 0 Å². The molecule has 1 aromatic carbocycles. The van der Waals surface area contributed by atoms with Crippen molar-refractivity contribution in [1.82, 2.24) is 10.2 Å². The topological polar surface area (TPSA) is 51.0 Å². The predicted octanol–water partition coefficient (Wildman–Crippen LogP) is 2.71. The van der Waals surface area contributed by atoms with E-state index in [1.54, 1.807) is 18.7 Å². The van der Waals surface area contributed by atoms with Gasteiger partial charge in [-0.15, -0.1) is 22.0 Å². The molecule has 0 spiro atoms. The number of nitrogens with one attached hydrogen (secondary N) is 1. The molecule has 1 aromatic heterocycles. The fraction of sp³-hybridized carbons (Fsp3) is 0.273. The van der Waals surface area contributed by atoms with E-state index in [4.69, 9.17) is 4.42 Å². The second kappa shape index (κ2) is 5.03. The quantitative estimate of drug-likeness (QED) is 0.826. The molecule has 0 unspecified atom stereocenters. The summed E-state index contributed by atoms with van der Waals surface area (Å²) in [7, 11) is 0. The molecule has 0 aliphatic heterocycles. The van der Waals surface area contributed by atoms with Crippen molar-refractivity contribution in [2.24, 2.45) is 0 Å². The zero-order chi connectivity index (χ0) is 11.4. The van der Waals surface area contributed by atoms with Crippen molar-refractivity contribution in [3.8, 4) is 0 Å². The molecule has 1 N–H and O–H groups in total. The number of hydrogen-bond acceptors (Lipinski definition) is 5. The molecule has 0 atom stereocenters. The third kappa shape index (κ3) is 2.55. The minimum absolute atomic E-state index is 0.554. The van der Waals surface area contributed by atoms with E-state index in [1.165, 1.54) is 4.90 Å². The molecule has 4 nitrogen and oxygen atoms in total. The van der Waals surface area contributed by atoms with Crippen LogP contribution in [0.2, 0.25) is 0 Å². The molecular formula is C11H13N3OS. The summed E-state index contributed by atoms with van der Waals surface area (Å²) < 4.78 is 5.29. The highest BCUT2D eigenvalue weighted by Gasteiger charge is 2.03. The van der Waals surface area contributed by atoms with Gasteiger partial charge in [-0.3, -0.25) is 0 Å². The fourth-order valence-electron chi connectivity index (χ4n) is 1.37. The van der Waals surface area contributed by atoms with Gasteiger partial charge in [0.25, 0.3) is 0 Å². The van der Waals surface area contributed by atoms with E-state index in [1.807, 2.05) is 18.2 Å². The van der Waals surface area contributed by atoms with E-state index in [0.29, 0.717) is 18.3 Å². The molecule has 0 saturated carbocycles. The smallest absolute Gasteiger partial charge is 0.235 e. The Balaban J connectivity index is 2.04. The summed E-state index contributed by atoms with van der Waals surface area (Å²) in [5.74, 6) is 1.20. The number of aromatic nitrogens is 2. The van der Waals surface area contributed by atoms with E-state index in [9.17, 15) is 0 Å². The van der Waals surface area contributed by atoms with Gasteiger partial charge in [0.15, 0.2) is 0 Å². The zero-order valence-electron chi connectivity index (χ0n) is 9.23. The second-order valence-electron chi connectivity index (χ2n) is 3.27. The monoisotopic (exact) mass is 235 g/mol. The Labute approximate surface area is 98.5 Å². The molecule has 0 radical (unpaired) electrons. The summed E-state index contributed by atoms with van der Waals surface area (Å²) in [6, 6.07) is 8.14. The highest BCUT2D eigenvalue weighted by Crippen LogP contribution is 2.24. The number of anilines is 1. The molecule has 2 rings (SSSR count). The van der Waals surface area contributed by atoms with Crippen molar-refractivity contribution in [2.75, 3.05) is 11.6 Å². The molecule has 0 saturated heterocycles. The minimum Gasteiger partial charge on any atom is -0.424 e. The highest BCUT2D eigenvalue weighted by molar-refractivity contribution is 7.98. The Hall–Kier alpha value is -1.49. The van der Waals surface area contributed by atoms with Crippen molar-refractivity contribution >= 4 is 17.4 Å². The van der Waals surface area contributed by atoms with Gasteiger partial charge in [-0.05, 0) is 18.4 Å². The third-order valence-corrected chi connectivity index (χ3v) is 2.90. The number of hydrogen-bond donors (Lipinski definition) is 1. The van der Waals surface area contributed by atoms with Crippen LogP contribution in [-0.2, 0) is 6.54 Å². The van der Waals surface area contributed by atoms with E-state index >= 15 is 0 Å². The van der Waals surface area contributed by atoms with Crippen LogP contribution in [0.3, 0.4) is 0 Å². The van der Waals surface area contributed by atoms with Gasteiger partial charge in [-0.25, -0.2) is 0 Å². The molecule has 0 aliphatic rings. The van der Waals surface area contributed by atoms with Gasteiger partial charge in [-0.2, -0.15) is 0 Å². The number of aryl methyl sites for hydroxylation is 1. The van der Waals surface area contributed by atoms with Crippen molar-refractivity contribution in [1.29, 1.82) is 0 Å². The average Bonchev–Trinajstić information content (AvgIpc) is 2.73. The van der Waals surface area contributed by atoms with Crippen molar-refractivity contribution in [3.63, 3.8) is 0 Å². The van der Waals surface area contributed by atoms with Crippen LogP contribution in [0, 0.1) is 6.92 Å². The van der Waals surface area contributed by atoms with Gasteiger partial charge < -0.3 is 9.73 Å². The van der Waals surface area contributed by atoms with E-state index in [-0.39, 0.29) is 0 Å². The zero-order valence-corrected chi connectivity index (χ0v) is 10.0. The lowest BCUT2D eigenvalue weighted by Gasteiger charge is -2.07. The maximum Gasteiger partial charge on any atom is 0.235 e. The normalized spacial score (nSPS) is 10.4. The molecule has 1 heterocycles. The first-order valence-corrected chi connectivity index (χ1v) is 6.18. The Morgan fingerprint density at radius 2 is 2.12 bits per heavy atom.